The summed E-state index contributed by atoms with van der Waals surface area (Å²) >= 11 is 0. The molecule has 0 radical (unpaired) electrons. The zero-order chi connectivity index (χ0) is 26.6. The molecule has 0 atom stereocenters. The Morgan fingerprint density at radius 2 is 1.71 bits per heavy atom. The van der Waals surface area contributed by atoms with Crippen molar-refractivity contribution in [2.75, 3.05) is 55.7 Å². The molecule has 2 aromatic rings. The van der Waals surface area contributed by atoms with E-state index in [2.05, 4.69) is 4.90 Å². The van der Waals surface area contributed by atoms with Crippen LogP contribution in [0.25, 0.3) is 0 Å². The SMILES string of the molecule is CCOC(=O)N1CCN(C(=O)c2ccc(N3CCC(N4C(=O)OCc5ccccc54)CC3)c([NH2+][O-])c2)CC1. The van der Waals surface area contributed by atoms with Gasteiger partial charge >= 0.3 is 12.2 Å². The van der Waals surface area contributed by atoms with Crippen molar-refractivity contribution in [1.29, 1.82) is 0 Å². The smallest absolute Gasteiger partial charge is 0.414 e. The highest BCUT2D eigenvalue weighted by Crippen LogP contribution is 2.34. The average molecular weight is 524 g/mol. The van der Waals surface area contributed by atoms with E-state index in [0.29, 0.717) is 63.7 Å². The number of hydrogen-bond donors (Lipinski definition) is 1. The molecule has 0 aromatic heterocycles. The average Bonchev–Trinajstić information content (AvgIpc) is 2.97. The van der Waals surface area contributed by atoms with E-state index in [1.165, 1.54) is 0 Å². The third kappa shape index (κ3) is 5.11. The van der Waals surface area contributed by atoms with Crippen LogP contribution in [-0.2, 0) is 16.1 Å². The highest BCUT2D eigenvalue weighted by atomic mass is 16.6. The molecular weight excluding hydrogens is 490 g/mol. The first-order valence-electron chi connectivity index (χ1n) is 13.1. The number of ether oxygens (including phenoxy) is 2. The van der Waals surface area contributed by atoms with Gasteiger partial charge in [-0.25, -0.2) is 9.59 Å². The fourth-order valence-corrected chi connectivity index (χ4v) is 5.45. The van der Waals surface area contributed by atoms with E-state index in [1.54, 1.807) is 33.8 Å². The second-order valence-corrected chi connectivity index (χ2v) is 9.64. The number of nitrogens with two attached hydrogens (primary N) is 1. The number of benzene rings is 2. The summed E-state index contributed by atoms with van der Waals surface area (Å²) < 4.78 is 10.4. The largest absolute Gasteiger partial charge is 0.630 e. The normalized spacial score (nSPS) is 18.2. The van der Waals surface area contributed by atoms with E-state index in [4.69, 9.17) is 9.47 Å². The van der Waals surface area contributed by atoms with Crippen molar-refractivity contribution in [2.24, 2.45) is 0 Å². The summed E-state index contributed by atoms with van der Waals surface area (Å²) in [5.74, 6) is -0.163. The molecule has 11 heteroatoms. The molecule has 3 aliphatic heterocycles. The van der Waals surface area contributed by atoms with Crippen LogP contribution in [0.4, 0.5) is 26.7 Å². The minimum Gasteiger partial charge on any atom is -0.630 e. The lowest BCUT2D eigenvalue weighted by Gasteiger charge is -2.41. The molecule has 3 aliphatic rings. The molecule has 38 heavy (non-hydrogen) atoms. The number of para-hydroxylation sites is 1. The monoisotopic (exact) mass is 523 g/mol. The van der Waals surface area contributed by atoms with Gasteiger partial charge in [-0.3, -0.25) is 9.69 Å². The van der Waals surface area contributed by atoms with Crippen LogP contribution in [0.2, 0.25) is 0 Å². The molecule has 0 bridgehead atoms. The molecule has 11 nitrogen and oxygen atoms in total. The van der Waals surface area contributed by atoms with Crippen LogP contribution in [0, 0.1) is 5.21 Å². The van der Waals surface area contributed by atoms with E-state index < -0.39 is 0 Å². The molecule has 2 saturated heterocycles. The summed E-state index contributed by atoms with van der Waals surface area (Å²) in [6.07, 6.45) is 0.777. The molecule has 2 N–H and O–H groups in total. The van der Waals surface area contributed by atoms with Crippen molar-refractivity contribution >= 4 is 35.2 Å². The van der Waals surface area contributed by atoms with Gasteiger partial charge in [0.15, 0.2) is 5.69 Å². The predicted octanol–water partition coefficient (Wildman–Crippen LogP) is 2.42. The van der Waals surface area contributed by atoms with Crippen molar-refractivity contribution < 1.29 is 29.3 Å². The number of hydrogen-bond acceptors (Lipinski definition) is 7. The molecule has 3 amide bonds. The Morgan fingerprint density at radius 3 is 2.42 bits per heavy atom. The summed E-state index contributed by atoms with van der Waals surface area (Å²) in [7, 11) is 0. The lowest BCUT2D eigenvalue weighted by molar-refractivity contribution is -0.496. The highest BCUT2D eigenvalue weighted by molar-refractivity contribution is 5.96. The number of cyclic esters (lactones) is 1. The first-order valence-corrected chi connectivity index (χ1v) is 13.1. The van der Waals surface area contributed by atoms with E-state index >= 15 is 0 Å². The number of amides is 3. The molecule has 0 saturated carbocycles. The maximum Gasteiger partial charge on any atom is 0.414 e. The van der Waals surface area contributed by atoms with Crippen LogP contribution in [0.5, 0.6) is 0 Å². The van der Waals surface area contributed by atoms with Crippen LogP contribution in [0.15, 0.2) is 42.5 Å². The maximum absolute atomic E-state index is 13.1. The number of fused-ring (bicyclic) bond motifs is 1. The number of anilines is 2. The quantitative estimate of drug-likeness (QED) is 0.472. The van der Waals surface area contributed by atoms with Gasteiger partial charge in [0.25, 0.3) is 5.91 Å². The Balaban J connectivity index is 1.23. The number of piperazine rings is 1. The van der Waals surface area contributed by atoms with Gasteiger partial charge in [-0.15, -0.1) is 0 Å². The molecule has 5 rings (SSSR count). The second kappa shape index (κ2) is 11.3. The second-order valence-electron chi connectivity index (χ2n) is 9.64. The molecule has 2 aromatic carbocycles. The molecule has 3 heterocycles. The lowest BCUT2D eigenvalue weighted by Crippen LogP contribution is -2.70. The maximum atomic E-state index is 13.1. The van der Waals surface area contributed by atoms with E-state index in [9.17, 15) is 19.6 Å². The zero-order valence-electron chi connectivity index (χ0n) is 21.5. The molecule has 0 spiro atoms. The van der Waals surface area contributed by atoms with Gasteiger partial charge in [0.05, 0.1) is 18.0 Å². The fraction of sp³-hybridized carbons (Fsp3) is 0.444. The fourth-order valence-electron chi connectivity index (χ4n) is 5.45. The first kappa shape index (κ1) is 25.8. The Labute approximate surface area is 221 Å². The molecule has 202 valence electrons. The van der Waals surface area contributed by atoms with Crippen LogP contribution in [0.1, 0.15) is 35.7 Å². The van der Waals surface area contributed by atoms with E-state index in [-0.39, 0.29) is 24.1 Å². The molecule has 0 aliphatic carbocycles. The Kier molecular flexibility index (Phi) is 7.66. The van der Waals surface area contributed by atoms with Gasteiger partial charge in [-0.05, 0) is 38.0 Å². The van der Waals surface area contributed by atoms with Crippen molar-refractivity contribution in [3.05, 3.63) is 58.8 Å². The molecule has 0 unspecified atom stereocenters. The van der Waals surface area contributed by atoms with Crippen molar-refractivity contribution in [3.8, 4) is 0 Å². The Morgan fingerprint density at radius 1 is 1.00 bits per heavy atom. The van der Waals surface area contributed by atoms with Crippen molar-refractivity contribution in [2.45, 2.75) is 32.4 Å². The van der Waals surface area contributed by atoms with Crippen LogP contribution in [0.3, 0.4) is 0 Å². The summed E-state index contributed by atoms with van der Waals surface area (Å²) in [6, 6.07) is 13.0. The van der Waals surface area contributed by atoms with Gasteiger partial charge in [0.2, 0.25) is 0 Å². The Bertz CT molecular complexity index is 1190. The topological polar surface area (TPSA) is 122 Å². The van der Waals surface area contributed by atoms with Gasteiger partial charge in [0, 0.05) is 62.5 Å². The summed E-state index contributed by atoms with van der Waals surface area (Å²) in [6.45, 7) is 5.34. The third-order valence-electron chi connectivity index (χ3n) is 7.46. The number of carbonyl (C=O) groups excluding carboxylic acids is 3. The number of quaternary nitrogens is 1. The standard InChI is InChI=1S/C27H33N5O6/c1-2-37-26(34)31-15-13-30(14-16-31)25(33)19-7-8-24(22(17-19)28-36)29-11-9-21(10-12-29)32-23-6-4-3-5-20(23)18-38-27(32)35/h3-8,17,21H,2,9-16,18,28H2,1H3. The van der Waals surface area contributed by atoms with Gasteiger partial charge in [-0.2, -0.15) is 0 Å². The molecule has 2 fully saturated rings. The summed E-state index contributed by atoms with van der Waals surface area (Å²) in [5.41, 5.74) is 4.38. The van der Waals surface area contributed by atoms with E-state index in [0.717, 1.165) is 35.3 Å². The minimum absolute atomic E-state index is 0.00834. The van der Waals surface area contributed by atoms with Crippen LogP contribution >= 0.6 is 0 Å². The van der Waals surface area contributed by atoms with Crippen LogP contribution < -0.4 is 15.3 Å². The third-order valence-corrected chi connectivity index (χ3v) is 7.46. The lowest BCUT2D eigenvalue weighted by atomic mass is 9.99. The number of nitrogens with zero attached hydrogens (tertiary/aromatic N) is 4. The first-order chi connectivity index (χ1) is 18.5. The summed E-state index contributed by atoms with van der Waals surface area (Å²) in [4.78, 5) is 44.8. The van der Waals surface area contributed by atoms with Gasteiger partial charge in [-0.1, -0.05) is 18.2 Å². The number of piperidine rings is 1. The molecular formula is C27H33N5O6. The predicted molar refractivity (Wildman–Crippen MR) is 140 cm³/mol. The van der Waals surface area contributed by atoms with Crippen LogP contribution in [-0.4, -0.2) is 79.8 Å². The van der Waals surface area contributed by atoms with Crippen molar-refractivity contribution in [3.63, 3.8) is 0 Å². The number of carbonyl (C=O) groups is 3. The van der Waals surface area contributed by atoms with Gasteiger partial charge < -0.3 is 34.9 Å². The van der Waals surface area contributed by atoms with Gasteiger partial charge in [0.1, 0.15) is 6.61 Å². The number of rotatable bonds is 5. The highest BCUT2D eigenvalue weighted by Gasteiger charge is 2.35. The zero-order valence-corrected chi connectivity index (χ0v) is 21.5. The summed E-state index contributed by atoms with van der Waals surface area (Å²) in [5, 5.41) is 12.0. The van der Waals surface area contributed by atoms with E-state index in [1.807, 2.05) is 30.3 Å². The Hall–Kier alpha value is -3.83. The van der Waals surface area contributed by atoms with Crippen molar-refractivity contribution in [1.82, 2.24) is 9.80 Å². The minimum atomic E-state index is -0.364.